The highest BCUT2D eigenvalue weighted by Crippen LogP contribution is 2.61. The topological polar surface area (TPSA) is 72.8 Å². The second-order valence-corrected chi connectivity index (χ2v) is 7.75. The van der Waals surface area contributed by atoms with Gasteiger partial charge in [0.05, 0.1) is 16.9 Å². The average Bonchev–Trinajstić information content (AvgIpc) is 3.05. The molecule has 0 amide bonds. The van der Waals surface area contributed by atoms with Gasteiger partial charge in [0.25, 0.3) is 0 Å². The first-order valence-electron chi connectivity index (χ1n) is 9.47. The van der Waals surface area contributed by atoms with Gasteiger partial charge in [-0.25, -0.2) is 4.79 Å². The lowest BCUT2D eigenvalue weighted by Gasteiger charge is -2.52. The molecule has 4 aliphatic rings. The van der Waals surface area contributed by atoms with Gasteiger partial charge in [-0.15, -0.1) is 0 Å². The molecule has 5 nitrogen and oxygen atoms in total. The third-order valence-electron chi connectivity index (χ3n) is 6.37. The van der Waals surface area contributed by atoms with E-state index in [-0.39, 0.29) is 30.3 Å². The van der Waals surface area contributed by atoms with Crippen LogP contribution in [0.2, 0.25) is 0 Å². The SMILES string of the molecule is O=C(OC[C@@]12C=C[C@@H]3[C@@H](OC(=O)[C@@H]3[C@H]1c1ccccc1)[C@@H]2O)c1ccccc1. The van der Waals surface area contributed by atoms with Crippen molar-refractivity contribution in [1.29, 1.82) is 0 Å². The maximum absolute atomic E-state index is 12.6. The van der Waals surface area contributed by atoms with E-state index in [2.05, 4.69) is 0 Å². The number of aliphatic hydroxyl groups excluding tert-OH is 1. The van der Waals surface area contributed by atoms with E-state index < -0.39 is 23.6 Å². The molecule has 2 aromatic carbocycles. The molecule has 1 saturated heterocycles. The summed E-state index contributed by atoms with van der Waals surface area (Å²) in [4.78, 5) is 25.1. The fourth-order valence-electron chi connectivity index (χ4n) is 5.08. The highest BCUT2D eigenvalue weighted by Gasteiger charge is 2.68. The third kappa shape index (κ3) is 2.36. The molecule has 6 rings (SSSR count). The lowest BCUT2D eigenvalue weighted by molar-refractivity contribution is -0.148. The van der Waals surface area contributed by atoms with Crippen LogP contribution in [0, 0.1) is 17.3 Å². The van der Waals surface area contributed by atoms with Crippen LogP contribution >= 0.6 is 0 Å². The summed E-state index contributed by atoms with van der Waals surface area (Å²) in [6.07, 6.45) is 2.35. The summed E-state index contributed by atoms with van der Waals surface area (Å²) in [7, 11) is 0. The molecule has 1 N–H and O–H groups in total. The molecule has 142 valence electrons. The average molecular weight is 376 g/mol. The second kappa shape index (κ2) is 6.31. The van der Waals surface area contributed by atoms with Crippen molar-refractivity contribution in [3.05, 3.63) is 83.9 Å². The summed E-state index contributed by atoms with van der Waals surface area (Å²) < 4.78 is 11.2. The van der Waals surface area contributed by atoms with Gasteiger partial charge in [-0.1, -0.05) is 60.7 Å². The first-order valence-corrected chi connectivity index (χ1v) is 9.47. The maximum Gasteiger partial charge on any atom is 0.338 e. The Hall–Kier alpha value is -2.92. The van der Waals surface area contributed by atoms with Crippen LogP contribution in [-0.4, -0.2) is 35.9 Å². The second-order valence-electron chi connectivity index (χ2n) is 7.75. The number of rotatable bonds is 4. The maximum atomic E-state index is 12.6. The van der Waals surface area contributed by atoms with Gasteiger partial charge in [0, 0.05) is 11.8 Å². The Morgan fingerprint density at radius 3 is 2.46 bits per heavy atom. The highest BCUT2D eigenvalue weighted by molar-refractivity contribution is 5.89. The quantitative estimate of drug-likeness (QED) is 0.656. The van der Waals surface area contributed by atoms with Crippen molar-refractivity contribution in [1.82, 2.24) is 0 Å². The molecular formula is C23H20O5. The van der Waals surface area contributed by atoms with Crippen LogP contribution in [0.15, 0.2) is 72.8 Å². The molecule has 0 unspecified atom stereocenters. The van der Waals surface area contributed by atoms with Crippen molar-refractivity contribution in [2.24, 2.45) is 17.3 Å². The van der Waals surface area contributed by atoms with E-state index in [1.807, 2.05) is 48.6 Å². The molecule has 28 heavy (non-hydrogen) atoms. The summed E-state index contributed by atoms with van der Waals surface area (Å²) in [6, 6.07) is 18.4. The Kier molecular flexibility index (Phi) is 3.88. The van der Waals surface area contributed by atoms with Gasteiger partial charge in [0.2, 0.25) is 0 Å². The fourth-order valence-corrected chi connectivity index (χ4v) is 5.08. The smallest absolute Gasteiger partial charge is 0.338 e. The molecule has 0 aromatic heterocycles. The zero-order chi connectivity index (χ0) is 19.3. The molecular weight excluding hydrogens is 356 g/mol. The van der Waals surface area contributed by atoms with E-state index in [1.54, 1.807) is 24.3 Å². The normalized spacial score (nSPS) is 34.9. The van der Waals surface area contributed by atoms with E-state index in [4.69, 9.17) is 9.47 Å². The summed E-state index contributed by atoms with van der Waals surface area (Å²) in [6.45, 7) is -0.0195. The van der Waals surface area contributed by atoms with E-state index >= 15 is 0 Å². The summed E-state index contributed by atoms with van der Waals surface area (Å²) in [5.41, 5.74) is 0.490. The zero-order valence-electron chi connectivity index (χ0n) is 15.1. The number of benzene rings is 2. The van der Waals surface area contributed by atoms with Crippen LogP contribution in [-0.2, 0) is 14.3 Å². The molecule has 2 aromatic rings. The monoisotopic (exact) mass is 376 g/mol. The zero-order valence-corrected chi connectivity index (χ0v) is 15.1. The number of esters is 2. The lowest BCUT2D eigenvalue weighted by atomic mass is 9.51. The van der Waals surface area contributed by atoms with Crippen LogP contribution in [0.25, 0.3) is 0 Å². The molecule has 1 heterocycles. The van der Waals surface area contributed by atoms with Gasteiger partial charge >= 0.3 is 11.9 Å². The van der Waals surface area contributed by atoms with Gasteiger partial charge < -0.3 is 14.6 Å². The van der Waals surface area contributed by atoms with E-state index in [1.165, 1.54) is 0 Å². The van der Waals surface area contributed by atoms with Crippen molar-refractivity contribution in [3.8, 4) is 0 Å². The number of hydrogen-bond acceptors (Lipinski definition) is 5. The number of hydrogen-bond donors (Lipinski definition) is 1. The summed E-state index contributed by atoms with van der Waals surface area (Å²) >= 11 is 0. The summed E-state index contributed by atoms with van der Waals surface area (Å²) in [5.74, 6) is -1.58. The number of ether oxygens (including phenoxy) is 2. The van der Waals surface area contributed by atoms with E-state index in [9.17, 15) is 14.7 Å². The van der Waals surface area contributed by atoms with Crippen molar-refractivity contribution in [2.75, 3.05) is 6.61 Å². The first kappa shape index (κ1) is 17.2. The largest absolute Gasteiger partial charge is 0.461 e. The predicted molar refractivity (Wildman–Crippen MR) is 100 cm³/mol. The predicted octanol–water partition coefficient (Wildman–Crippen LogP) is 2.72. The highest BCUT2D eigenvalue weighted by atomic mass is 16.6. The van der Waals surface area contributed by atoms with Gasteiger partial charge in [-0.05, 0) is 17.7 Å². The molecule has 0 radical (unpaired) electrons. The Bertz CT molecular complexity index is 938. The van der Waals surface area contributed by atoms with E-state index in [0.717, 1.165) is 5.56 Å². The van der Waals surface area contributed by atoms with Gasteiger partial charge in [-0.2, -0.15) is 0 Å². The van der Waals surface area contributed by atoms with Gasteiger partial charge in [-0.3, -0.25) is 4.79 Å². The Morgan fingerprint density at radius 1 is 1.07 bits per heavy atom. The van der Waals surface area contributed by atoms with Crippen LogP contribution in [0.4, 0.5) is 0 Å². The third-order valence-corrected chi connectivity index (χ3v) is 6.37. The summed E-state index contributed by atoms with van der Waals surface area (Å²) in [5, 5.41) is 11.1. The minimum absolute atomic E-state index is 0.0195. The minimum Gasteiger partial charge on any atom is -0.461 e. The number of carbonyl (C=O) groups excluding carboxylic acids is 2. The molecule has 4 bridgehead atoms. The molecule has 2 fully saturated rings. The Balaban J connectivity index is 1.53. The van der Waals surface area contributed by atoms with Crippen LogP contribution in [0.5, 0.6) is 0 Å². The Labute approximate surface area is 162 Å². The van der Waals surface area contributed by atoms with Crippen molar-refractivity contribution >= 4 is 11.9 Å². The number of carbonyl (C=O) groups is 2. The fraction of sp³-hybridized carbons (Fsp3) is 0.304. The molecule has 5 heteroatoms. The Morgan fingerprint density at radius 2 is 1.75 bits per heavy atom. The van der Waals surface area contributed by atoms with Crippen LogP contribution in [0.1, 0.15) is 21.8 Å². The number of aliphatic hydroxyl groups is 1. The molecule has 3 aliphatic carbocycles. The molecule has 0 spiro atoms. The first-order chi connectivity index (χ1) is 13.6. The lowest BCUT2D eigenvalue weighted by Crippen LogP contribution is -2.59. The van der Waals surface area contributed by atoms with Crippen molar-refractivity contribution < 1.29 is 24.2 Å². The molecule has 1 aliphatic heterocycles. The van der Waals surface area contributed by atoms with Crippen molar-refractivity contribution in [2.45, 2.75) is 18.1 Å². The van der Waals surface area contributed by atoms with Crippen LogP contribution in [0.3, 0.4) is 0 Å². The van der Waals surface area contributed by atoms with Crippen molar-refractivity contribution in [3.63, 3.8) is 0 Å². The molecule has 1 saturated carbocycles. The van der Waals surface area contributed by atoms with Gasteiger partial charge in [0.15, 0.2) is 0 Å². The van der Waals surface area contributed by atoms with Gasteiger partial charge in [0.1, 0.15) is 18.8 Å². The minimum atomic E-state index is -0.932. The van der Waals surface area contributed by atoms with E-state index in [0.29, 0.717) is 5.56 Å². The van der Waals surface area contributed by atoms with Crippen LogP contribution < -0.4 is 0 Å². The standard InChI is InChI=1S/C23H20O5/c24-20-19-16-11-12-23(20,13-27-21(25)15-9-5-2-6-10-15)18(17(16)22(26)28-19)14-7-3-1-4-8-14/h1-12,16-20,24H,13H2/t16-,17-,18+,19+,20-,23-/m0/s1. The molecule has 6 atom stereocenters.